The summed E-state index contributed by atoms with van der Waals surface area (Å²) in [5, 5.41) is 2.67. The van der Waals surface area contributed by atoms with Gasteiger partial charge in [0.15, 0.2) is 0 Å². The molecular weight excluding hydrogens is 220 g/mol. The minimum absolute atomic E-state index is 0.0524. The molecule has 2 aliphatic rings. The summed E-state index contributed by atoms with van der Waals surface area (Å²) >= 11 is 0. The predicted octanol–water partition coefficient (Wildman–Crippen LogP) is 0.183. The van der Waals surface area contributed by atoms with E-state index in [1.807, 2.05) is 0 Å². The van der Waals surface area contributed by atoms with Gasteiger partial charge in [-0.3, -0.25) is 9.59 Å². The lowest BCUT2D eigenvalue weighted by atomic mass is 9.51. The van der Waals surface area contributed by atoms with Gasteiger partial charge < -0.3 is 15.8 Å². The van der Waals surface area contributed by atoms with Crippen molar-refractivity contribution < 1.29 is 14.3 Å². The zero-order valence-electron chi connectivity index (χ0n) is 10.2. The van der Waals surface area contributed by atoms with Crippen molar-refractivity contribution in [3.05, 3.63) is 0 Å². The molecule has 5 nitrogen and oxygen atoms in total. The summed E-state index contributed by atoms with van der Waals surface area (Å²) in [4.78, 5) is 22.9. The van der Waals surface area contributed by atoms with Crippen LogP contribution in [0.15, 0.2) is 0 Å². The average molecular weight is 240 g/mol. The molecule has 0 heterocycles. The third kappa shape index (κ3) is 2.44. The topological polar surface area (TPSA) is 81.4 Å². The molecule has 3 N–H and O–H groups in total. The van der Waals surface area contributed by atoms with Crippen LogP contribution in [0, 0.1) is 11.3 Å². The van der Waals surface area contributed by atoms with Crippen LogP contribution in [0.4, 0.5) is 0 Å². The van der Waals surface area contributed by atoms with E-state index in [1.54, 1.807) is 0 Å². The van der Waals surface area contributed by atoms with E-state index in [4.69, 9.17) is 10.5 Å². The summed E-state index contributed by atoms with van der Waals surface area (Å²) in [6.45, 7) is 0.138. The molecule has 2 rings (SSSR count). The summed E-state index contributed by atoms with van der Waals surface area (Å²) < 4.78 is 4.86. The number of hydrogen-bond donors (Lipinski definition) is 2. The lowest BCUT2D eigenvalue weighted by Gasteiger charge is -2.53. The maximum absolute atomic E-state index is 11.9. The van der Waals surface area contributed by atoms with Crippen molar-refractivity contribution in [3.8, 4) is 0 Å². The van der Waals surface area contributed by atoms with E-state index < -0.39 is 11.9 Å². The molecule has 2 aliphatic carbocycles. The minimum Gasteiger partial charge on any atom is -0.382 e. The first-order chi connectivity index (χ1) is 8.06. The lowest BCUT2D eigenvalue weighted by molar-refractivity contribution is -0.140. The number of carbonyl (C=O) groups is 2. The lowest BCUT2D eigenvalue weighted by Crippen LogP contribution is -2.54. The number of nitrogens with one attached hydrogen (secondary N) is 1. The summed E-state index contributed by atoms with van der Waals surface area (Å²) in [5.74, 6) is -0.532. The van der Waals surface area contributed by atoms with Gasteiger partial charge in [-0.1, -0.05) is 6.42 Å². The van der Waals surface area contributed by atoms with E-state index in [2.05, 4.69) is 5.32 Å². The van der Waals surface area contributed by atoms with Gasteiger partial charge in [0.1, 0.15) is 6.04 Å². The molecule has 1 atom stereocenters. The smallest absolute Gasteiger partial charge is 0.242 e. The predicted molar refractivity (Wildman–Crippen MR) is 62.0 cm³/mol. The first kappa shape index (κ1) is 12.4. The number of primary amides is 1. The van der Waals surface area contributed by atoms with E-state index >= 15 is 0 Å². The first-order valence-electron chi connectivity index (χ1n) is 6.15. The molecule has 5 heteroatoms. The van der Waals surface area contributed by atoms with Crippen LogP contribution in [0.3, 0.4) is 0 Å². The number of nitrogens with two attached hydrogens (primary N) is 1. The molecule has 96 valence electrons. The highest BCUT2D eigenvalue weighted by Crippen LogP contribution is 2.58. The Labute approximate surface area is 101 Å². The van der Waals surface area contributed by atoms with E-state index in [-0.39, 0.29) is 18.4 Å². The van der Waals surface area contributed by atoms with Crippen molar-refractivity contribution in [2.75, 3.05) is 13.7 Å². The molecule has 2 amide bonds. The maximum atomic E-state index is 11.9. The molecule has 0 radical (unpaired) electrons. The molecule has 0 aromatic heterocycles. The zero-order valence-corrected chi connectivity index (χ0v) is 10.2. The summed E-state index contributed by atoms with van der Waals surface area (Å²) in [6, 6.07) is -0.703. The van der Waals surface area contributed by atoms with Crippen LogP contribution in [0.25, 0.3) is 0 Å². The van der Waals surface area contributed by atoms with Gasteiger partial charge >= 0.3 is 0 Å². The summed E-state index contributed by atoms with van der Waals surface area (Å²) in [6.07, 6.45) is 5.75. The van der Waals surface area contributed by atoms with Crippen LogP contribution in [-0.4, -0.2) is 31.6 Å². The van der Waals surface area contributed by atoms with Crippen LogP contribution in [0.5, 0.6) is 0 Å². The number of hydrogen-bond acceptors (Lipinski definition) is 3. The number of carbonyl (C=O) groups excluding carboxylic acids is 2. The van der Waals surface area contributed by atoms with E-state index in [9.17, 15) is 9.59 Å². The molecule has 2 saturated carbocycles. The number of rotatable bonds is 5. The largest absolute Gasteiger partial charge is 0.382 e. The van der Waals surface area contributed by atoms with E-state index in [0.717, 1.165) is 12.8 Å². The van der Waals surface area contributed by atoms with Crippen molar-refractivity contribution in [1.29, 1.82) is 0 Å². The van der Waals surface area contributed by atoms with Gasteiger partial charge in [0.05, 0.1) is 6.61 Å². The standard InChI is InChI=1S/C12H20N2O3/c1-17-7-9(10(13)15)14-11(16)8-5-12(6-8)3-2-4-12/h8-9H,2-7H2,1H3,(H2,13,15)(H,14,16). The highest BCUT2D eigenvalue weighted by atomic mass is 16.5. The molecule has 17 heavy (non-hydrogen) atoms. The molecular formula is C12H20N2O3. The Balaban J connectivity index is 1.78. The van der Waals surface area contributed by atoms with Gasteiger partial charge in [-0.2, -0.15) is 0 Å². The molecule has 1 spiro atoms. The second-order valence-electron chi connectivity index (χ2n) is 5.38. The Morgan fingerprint density at radius 1 is 1.47 bits per heavy atom. The summed E-state index contributed by atoms with van der Waals surface area (Å²) in [7, 11) is 1.48. The SMILES string of the molecule is COCC(NC(=O)C1CC2(CCC2)C1)C(N)=O. The Bertz CT molecular complexity index is 318. The van der Waals surface area contributed by atoms with Crippen LogP contribution in [0.2, 0.25) is 0 Å². The van der Waals surface area contributed by atoms with Crippen LogP contribution in [-0.2, 0) is 14.3 Å². The second-order valence-corrected chi connectivity index (χ2v) is 5.38. The second kappa shape index (κ2) is 4.64. The van der Waals surface area contributed by atoms with Crippen molar-refractivity contribution >= 4 is 11.8 Å². The van der Waals surface area contributed by atoms with Gasteiger partial charge in [-0.25, -0.2) is 0 Å². The van der Waals surface area contributed by atoms with Crippen molar-refractivity contribution in [1.82, 2.24) is 5.32 Å². The van der Waals surface area contributed by atoms with Gasteiger partial charge in [0.2, 0.25) is 11.8 Å². The van der Waals surface area contributed by atoms with Crippen molar-refractivity contribution in [2.45, 2.75) is 38.1 Å². The number of amides is 2. The third-order valence-corrected chi connectivity index (χ3v) is 4.14. The molecule has 2 fully saturated rings. The Morgan fingerprint density at radius 3 is 2.53 bits per heavy atom. The monoisotopic (exact) mass is 240 g/mol. The van der Waals surface area contributed by atoms with Crippen molar-refractivity contribution in [2.24, 2.45) is 17.1 Å². The third-order valence-electron chi connectivity index (χ3n) is 4.14. The summed E-state index contributed by atoms with van der Waals surface area (Å²) in [5.41, 5.74) is 5.65. The fraction of sp³-hybridized carbons (Fsp3) is 0.833. The molecule has 0 saturated heterocycles. The van der Waals surface area contributed by atoms with Gasteiger partial charge in [0, 0.05) is 13.0 Å². The molecule has 0 aromatic rings. The Hall–Kier alpha value is -1.10. The van der Waals surface area contributed by atoms with Crippen LogP contribution >= 0.6 is 0 Å². The average Bonchev–Trinajstić information content (AvgIpc) is 2.12. The molecule has 0 aliphatic heterocycles. The molecule has 0 aromatic carbocycles. The van der Waals surface area contributed by atoms with E-state index in [0.29, 0.717) is 5.41 Å². The fourth-order valence-corrected chi connectivity index (χ4v) is 2.91. The van der Waals surface area contributed by atoms with E-state index in [1.165, 1.54) is 26.4 Å². The highest BCUT2D eigenvalue weighted by Gasteiger charge is 2.50. The number of ether oxygens (including phenoxy) is 1. The Morgan fingerprint density at radius 2 is 2.12 bits per heavy atom. The van der Waals surface area contributed by atoms with Crippen LogP contribution in [0.1, 0.15) is 32.1 Å². The fourth-order valence-electron chi connectivity index (χ4n) is 2.91. The normalized spacial score (nSPS) is 23.6. The van der Waals surface area contributed by atoms with Gasteiger partial charge in [-0.05, 0) is 31.1 Å². The highest BCUT2D eigenvalue weighted by molar-refractivity contribution is 5.88. The maximum Gasteiger partial charge on any atom is 0.242 e. The van der Waals surface area contributed by atoms with Crippen molar-refractivity contribution in [3.63, 3.8) is 0 Å². The van der Waals surface area contributed by atoms with Crippen LogP contribution < -0.4 is 11.1 Å². The minimum atomic E-state index is -0.703. The number of methoxy groups -OCH3 is 1. The quantitative estimate of drug-likeness (QED) is 0.719. The molecule has 1 unspecified atom stereocenters. The van der Waals surface area contributed by atoms with Gasteiger partial charge in [0.25, 0.3) is 0 Å². The van der Waals surface area contributed by atoms with Gasteiger partial charge in [-0.15, -0.1) is 0 Å². The molecule has 0 bridgehead atoms. The zero-order chi connectivity index (χ0) is 12.5. The Kier molecular flexibility index (Phi) is 3.38. The first-order valence-corrected chi connectivity index (χ1v) is 6.15.